The summed E-state index contributed by atoms with van der Waals surface area (Å²) >= 11 is 0. The van der Waals surface area contributed by atoms with Crippen LogP contribution in [0.4, 0.5) is 10.1 Å². The van der Waals surface area contributed by atoms with Gasteiger partial charge in [0.15, 0.2) is 11.6 Å². The molecule has 0 amide bonds. The number of halogens is 1. The molecule has 1 N–H and O–H groups in total. The fraction of sp³-hybridized carbons (Fsp3) is 0.200. The Balaban J connectivity index is 2.79. The molecular weight excluding hydrogens is 169 g/mol. The lowest BCUT2D eigenvalue weighted by Crippen LogP contribution is -1.98. The molecule has 0 aromatic heterocycles. The summed E-state index contributed by atoms with van der Waals surface area (Å²) in [5, 5.41) is 3.03. The zero-order chi connectivity index (χ0) is 9.68. The zero-order valence-electron chi connectivity index (χ0n) is 7.51. The molecule has 70 valence electrons. The molecule has 0 aliphatic rings. The summed E-state index contributed by atoms with van der Waals surface area (Å²) in [6.45, 7) is 4.22. The summed E-state index contributed by atoms with van der Waals surface area (Å²) in [4.78, 5) is 0. The molecule has 2 nitrogen and oxygen atoms in total. The molecule has 0 saturated carbocycles. The lowest BCUT2D eigenvalue weighted by Gasteiger charge is -2.06. The molecular formula is C10H12FNO. The van der Waals surface area contributed by atoms with E-state index in [2.05, 4.69) is 11.9 Å². The van der Waals surface area contributed by atoms with Crippen molar-refractivity contribution in [3.8, 4) is 5.75 Å². The third-order valence-corrected chi connectivity index (χ3v) is 1.60. The smallest absolute Gasteiger partial charge is 0.165 e. The zero-order valence-corrected chi connectivity index (χ0v) is 7.51. The van der Waals surface area contributed by atoms with E-state index in [1.807, 2.05) is 0 Å². The van der Waals surface area contributed by atoms with Crippen molar-refractivity contribution in [3.05, 3.63) is 36.7 Å². The van der Waals surface area contributed by atoms with Gasteiger partial charge in [-0.2, -0.15) is 0 Å². The largest absolute Gasteiger partial charge is 0.494 e. The second-order valence-corrected chi connectivity index (χ2v) is 2.52. The average Bonchev–Trinajstić information content (AvgIpc) is 2.16. The van der Waals surface area contributed by atoms with Gasteiger partial charge >= 0.3 is 0 Å². The van der Waals surface area contributed by atoms with Crippen molar-refractivity contribution in [2.75, 3.05) is 19.0 Å². The third-order valence-electron chi connectivity index (χ3n) is 1.60. The van der Waals surface area contributed by atoms with E-state index >= 15 is 0 Å². The van der Waals surface area contributed by atoms with Crippen LogP contribution in [0.3, 0.4) is 0 Å². The first kappa shape index (κ1) is 9.58. The minimum atomic E-state index is -0.355. The van der Waals surface area contributed by atoms with Crippen LogP contribution in [0.5, 0.6) is 5.75 Å². The Morgan fingerprint density at radius 1 is 1.62 bits per heavy atom. The van der Waals surface area contributed by atoms with Crippen LogP contribution in [-0.4, -0.2) is 13.7 Å². The van der Waals surface area contributed by atoms with E-state index in [4.69, 9.17) is 4.74 Å². The number of ether oxygens (including phenoxy) is 1. The van der Waals surface area contributed by atoms with E-state index in [-0.39, 0.29) is 11.6 Å². The van der Waals surface area contributed by atoms with Crippen molar-refractivity contribution >= 4 is 5.69 Å². The Bertz CT molecular complexity index is 299. The van der Waals surface area contributed by atoms with Gasteiger partial charge in [-0.05, 0) is 12.1 Å². The Morgan fingerprint density at radius 2 is 2.38 bits per heavy atom. The highest BCUT2D eigenvalue weighted by atomic mass is 19.1. The monoisotopic (exact) mass is 181 g/mol. The number of hydrogen-bond acceptors (Lipinski definition) is 2. The molecule has 0 radical (unpaired) electrons. The highest BCUT2D eigenvalue weighted by Crippen LogP contribution is 2.20. The van der Waals surface area contributed by atoms with Crippen LogP contribution in [0.1, 0.15) is 0 Å². The molecule has 0 aliphatic heterocycles. The van der Waals surface area contributed by atoms with Gasteiger partial charge in [-0.1, -0.05) is 6.08 Å². The van der Waals surface area contributed by atoms with Crippen LogP contribution < -0.4 is 10.1 Å². The van der Waals surface area contributed by atoms with Gasteiger partial charge in [0.25, 0.3) is 0 Å². The highest BCUT2D eigenvalue weighted by Gasteiger charge is 2.01. The van der Waals surface area contributed by atoms with Gasteiger partial charge in [-0.15, -0.1) is 6.58 Å². The first-order valence-corrected chi connectivity index (χ1v) is 3.96. The lowest BCUT2D eigenvalue weighted by molar-refractivity contribution is 0.387. The Morgan fingerprint density at radius 3 is 3.00 bits per heavy atom. The van der Waals surface area contributed by atoms with E-state index in [1.54, 1.807) is 18.2 Å². The molecule has 0 fully saturated rings. The van der Waals surface area contributed by atoms with Crippen LogP contribution in [0.25, 0.3) is 0 Å². The number of benzene rings is 1. The third kappa shape index (κ3) is 2.47. The molecule has 0 spiro atoms. The van der Waals surface area contributed by atoms with E-state index < -0.39 is 0 Å². The highest BCUT2D eigenvalue weighted by molar-refractivity contribution is 5.49. The fourth-order valence-corrected chi connectivity index (χ4v) is 0.960. The molecule has 0 heterocycles. The van der Waals surface area contributed by atoms with E-state index in [0.29, 0.717) is 6.54 Å². The summed E-state index contributed by atoms with van der Waals surface area (Å²) in [7, 11) is 1.44. The van der Waals surface area contributed by atoms with E-state index in [9.17, 15) is 4.39 Å². The van der Waals surface area contributed by atoms with E-state index in [0.717, 1.165) is 5.69 Å². The summed E-state index contributed by atoms with van der Waals surface area (Å²) < 4.78 is 17.7. The summed E-state index contributed by atoms with van der Waals surface area (Å²) in [5.74, 6) is -0.110. The van der Waals surface area contributed by atoms with Gasteiger partial charge in [0.1, 0.15) is 0 Å². The van der Waals surface area contributed by atoms with Crippen LogP contribution >= 0.6 is 0 Å². The number of rotatable bonds is 4. The Hall–Kier alpha value is -1.51. The molecule has 0 unspecified atom stereocenters. The SMILES string of the molecule is C=CCNc1ccc(F)c(OC)c1. The van der Waals surface area contributed by atoms with Crippen molar-refractivity contribution in [2.45, 2.75) is 0 Å². The van der Waals surface area contributed by atoms with Crippen molar-refractivity contribution < 1.29 is 9.13 Å². The molecule has 1 aromatic carbocycles. The van der Waals surface area contributed by atoms with Crippen molar-refractivity contribution in [2.24, 2.45) is 0 Å². The van der Waals surface area contributed by atoms with Crippen molar-refractivity contribution in [1.82, 2.24) is 0 Å². The topological polar surface area (TPSA) is 21.3 Å². The molecule has 0 atom stereocenters. The summed E-state index contributed by atoms with van der Waals surface area (Å²) in [5.41, 5.74) is 0.818. The molecule has 0 saturated heterocycles. The molecule has 1 aromatic rings. The number of anilines is 1. The van der Waals surface area contributed by atoms with Gasteiger partial charge in [-0.3, -0.25) is 0 Å². The molecule has 0 aliphatic carbocycles. The average molecular weight is 181 g/mol. The van der Waals surface area contributed by atoms with Gasteiger partial charge in [0.2, 0.25) is 0 Å². The minimum absolute atomic E-state index is 0.245. The van der Waals surface area contributed by atoms with Crippen molar-refractivity contribution in [3.63, 3.8) is 0 Å². The minimum Gasteiger partial charge on any atom is -0.494 e. The predicted molar refractivity (Wildman–Crippen MR) is 51.6 cm³/mol. The Kier molecular flexibility index (Phi) is 3.31. The fourth-order valence-electron chi connectivity index (χ4n) is 0.960. The predicted octanol–water partition coefficient (Wildman–Crippen LogP) is 2.43. The maximum atomic E-state index is 12.9. The summed E-state index contributed by atoms with van der Waals surface area (Å²) in [6.07, 6.45) is 1.73. The normalized spacial score (nSPS) is 9.38. The first-order valence-electron chi connectivity index (χ1n) is 3.96. The second-order valence-electron chi connectivity index (χ2n) is 2.52. The molecule has 1 rings (SSSR count). The maximum absolute atomic E-state index is 12.9. The van der Waals surface area contributed by atoms with Crippen LogP contribution in [0.15, 0.2) is 30.9 Å². The maximum Gasteiger partial charge on any atom is 0.165 e. The van der Waals surface area contributed by atoms with Crippen LogP contribution in [0.2, 0.25) is 0 Å². The van der Waals surface area contributed by atoms with Gasteiger partial charge < -0.3 is 10.1 Å². The summed E-state index contributed by atoms with van der Waals surface area (Å²) in [6, 6.07) is 4.63. The number of nitrogens with one attached hydrogen (secondary N) is 1. The van der Waals surface area contributed by atoms with Gasteiger partial charge in [0.05, 0.1) is 7.11 Å². The molecule has 3 heteroatoms. The standard InChI is InChI=1S/C10H12FNO/c1-3-6-12-8-4-5-9(11)10(7-8)13-2/h3-5,7,12H,1,6H2,2H3. The number of hydrogen-bond donors (Lipinski definition) is 1. The Labute approximate surface area is 77.0 Å². The van der Waals surface area contributed by atoms with Crippen LogP contribution in [0, 0.1) is 5.82 Å². The van der Waals surface area contributed by atoms with Crippen LogP contribution in [-0.2, 0) is 0 Å². The molecule has 13 heavy (non-hydrogen) atoms. The first-order chi connectivity index (χ1) is 6.27. The van der Waals surface area contributed by atoms with Gasteiger partial charge in [0, 0.05) is 18.3 Å². The number of methoxy groups -OCH3 is 1. The molecule has 0 bridgehead atoms. The van der Waals surface area contributed by atoms with Gasteiger partial charge in [-0.25, -0.2) is 4.39 Å². The quantitative estimate of drug-likeness (QED) is 0.720. The van der Waals surface area contributed by atoms with E-state index in [1.165, 1.54) is 13.2 Å². The second kappa shape index (κ2) is 4.50. The lowest BCUT2D eigenvalue weighted by atomic mass is 10.3. The van der Waals surface area contributed by atoms with Crippen molar-refractivity contribution in [1.29, 1.82) is 0 Å².